The Morgan fingerprint density at radius 3 is 2.38 bits per heavy atom. The molecule has 2 aliphatic rings. The lowest BCUT2D eigenvalue weighted by molar-refractivity contribution is -0.134. The van der Waals surface area contributed by atoms with E-state index in [2.05, 4.69) is 68.1 Å². The number of benzene rings is 2. The SMILES string of the molecule is Cc1ccc(C2=NN(C(=O)CN3CCCCC3)C(c3cc(C)ccc3C)C2)cc1. The van der Waals surface area contributed by atoms with Crippen molar-refractivity contribution in [1.29, 1.82) is 0 Å². The van der Waals surface area contributed by atoms with Crippen LogP contribution in [0.15, 0.2) is 47.6 Å². The van der Waals surface area contributed by atoms with Crippen LogP contribution in [0.1, 0.15) is 59.5 Å². The normalized spacial score (nSPS) is 20.0. The van der Waals surface area contributed by atoms with Gasteiger partial charge in [-0.2, -0.15) is 5.10 Å². The standard InChI is InChI=1S/C25H31N3O/c1-18-8-11-21(12-9-18)23-16-24(22-15-19(2)7-10-20(22)3)28(26-23)25(29)17-27-13-5-4-6-14-27/h7-12,15,24H,4-6,13-14,16-17H2,1-3H3. The fourth-order valence-corrected chi connectivity index (χ4v) is 4.40. The molecule has 0 saturated carbocycles. The van der Waals surface area contributed by atoms with Crippen molar-refractivity contribution in [3.05, 3.63) is 70.3 Å². The second kappa shape index (κ2) is 8.50. The van der Waals surface area contributed by atoms with Crippen molar-refractivity contribution in [3.63, 3.8) is 0 Å². The van der Waals surface area contributed by atoms with E-state index in [-0.39, 0.29) is 11.9 Å². The highest BCUT2D eigenvalue weighted by Crippen LogP contribution is 2.35. The van der Waals surface area contributed by atoms with Gasteiger partial charge in [-0.15, -0.1) is 0 Å². The molecule has 1 amide bonds. The van der Waals surface area contributed by atoms with E-state index in [0.717, 1.165) is 30.8 Å². The number of likely N-dealkylation sites (tertiary alicyclic amines) is 1. The van der Waals surface area contributed by atoms with Crippen LogP contribution in [-0.2, 0) is 4.79 Å². The van der Waals surface area contributed by atoms with Gasteiger partial charge in [0.25, 0.3) is 5.91 Å². The van der Waals surface area contributed by atoms with Gasteiger partial charge in [-0.25, -0.2) is 5.01 Å². The fraction of sp³-hybridized carbons (Fsp3) is 0.440. The topological polar surface area (TPSA) is 35.9 Å². The van der Waals surface area contributed by atoms with E-state index in [1.54, 1.807) is 5.01 Å². The molecular formula is C25H31N3O. The quantitative estimate of drug-likeness (QED) is 0.755. The van der Waals surface area contributed by atoms with Gasteiger partial charge in [-0.1, -0.05) is 60.0 Å². The molecule has 2 aromatic carbocycles. The zero-order chi connectivity index (χ0) is 20.4. The lowest BCUT2D eigenvalue weighted by Crippen LogP contribution is -2.40. The Kier molecular flexibility index (Phi) is 5.81. The summed E-state index contributed by atoms with van der Waals surface area (Å²) in [5, 5.41) is 6.63. The highest BCUT2D eigenvalue weighted by atomic mass is 16.2. The van der Waals surface area contributed by atoms with Crippen LogP contribution in [0.5, 0.6) is 0 Å². The van der Waals surface area contributed by atoms with E-state index >= 15 is 0 Å². The maximum Gasteiger partial charge on any atom is 0.257 e. The Morgan fingerprint density at radius 1 is 0.966 bits per heavy atom. The van der Waals surface area contributed by atoms with Crippen LogP contribution in [0.4, 0.5) is 0 Å². The molecule has 2 aliphatic heterocycles. The molecule has 2 aromatic rings. The van der Waals surface area contributed by atoms with Crippen LogP contribution >= 0.6 is 0 Å². The zero-order valence-corrected chi connectivity index (χ0v) is 17.8. The van der Waals surface area contributed by atoms with Crippen molar-refractivity contribution in [2.24, 2.45) is 5.10 Å². The largest absolute Gasteiger partial charge is 0.294 e. The molecule has 1 saturated heterocycles. The van der Waals surface area contributed by atoms with E-state index in [0.29, 0.717) is 6.54 Å². The van der Waals surface area contributed by atoms with Crippen LogP contribution in [0.25, 0.3) is 0 Å². The van der Waals surface area contributed by atoms with Crippen LogP contribution in [-0.4, -0.2) is 41.2 Å². The van der Waals surface area contributed by atoms with Crippen molar-refractivity contribution in [1.82, 2.24) is 9.91 Å². The molecule has 1 unspecified atom stereocenters. The minimum Gasteiger partial charge on any atom is -0.294 e. The zero-order valence-electron chi connectivity index (χ0n) is 17.8. The predicted molar refractivity (Wildman–Crippen MR) is 118 cm³/mol. The maximum absolute atomic E-state index is 13.3. The minimum atomic E-state index is -0.0245. The van der Waals surface area contributed by atoms with Gasteiger partial charge in [-0.3, -0.25) is 9.69 Å². The van der Waals surface area contributed by atoms with Gasteiger partial charge in [0.15, 0.2) is 0 Å². The number of hydrogen-bond acceptors (Lipinski definition) is 3. The van der Waals surface area contributed by atoms with Crippen molar-refractivity contribution in [2.45, 2.75) is 52.5 Å². The summed E-state index contributed by atoms with van der Waals surface area (Å²) >= 11 is 0. The molecule has 4 rings (SSSR count). The number of hydrogen-bond donors (Lipinski definition) is 0. The fourth-order valence-electron chi connectivity index (χ4n) is 4.40. The Hall–Kier alpha value is -2.46. The second-order valence-corrected chi connectivity index (χ2v) is 8.57. The molecule has 1 atom stereocenters. The van der Waals surface area contributed by atoms with Crippen molar-refractivity contribution in [3.8, 4) is 0 Å². The molecule has 0 aromatic heterocycles. The molecule has 152 valence electrons. The Labute approximate surface area is 174 Å². The molecule has 0 bridgehead atoms. The lowest BCUT2D eigenvalue weighted by Gasteiger charge is -2.29. The summed E-state index contributed by atoms with van der Waals surface area (Å²) in [4.78, 5) is 15.6. The molecule has 0 radical (unpaired) electrons. The first-order valence-corrected chi connectivity index (χ1v) is 10.8. The predicted octanol–water partition coefficient (Wildman–Crippen LogP) is 4.78. The molecule has 0 aliphatic carbocycles. The molecule has 1 fully saturated rings. The number of aryl methyl sites for hydroxylation is 3. The first-order chi connectivity index (χ1) is 14.0. The lowest BCUT2D eigenvalue weighted by atomic mass is 9.93. The summed E-state index contributed by atoms with van der Waals surface area (Å²) < 4.78 is 0. The van der Waals surface area contributed by atoms with Gasteiger partial charge >= 0.3 is 0 Å². The number of carbonyl (C=O) groups is 1. The molecular weight excluding hydrogens is 358 g/mol. The Morgan fingerprint density at radius 2 is 1.66 bits per heavy atom. The minimum absolute atomic E-state index is 0.0245. The third-order valence-corrected chi connectivity index (χ3v) is 6.15. The maximum atomic E-state index is 13.3. The summed E-state index contributed by atoms with van der Waals surface area (Å²) in [7, 11) is 0. The van der Waals surface area contributed by atoms with Crippen LogP contribution < -0.4 is 0 Å². The average molecular weight is 390 g/mol. The first kappa shape index (κ1) is 19.8. The third kappa shape index (κ3) is 4.43. The summed E-state index contributed by atoms with van der Waals surface area (Å²) in [5.41, 5.74) is 7.00. The van der Waals surface area contributed by atoms with Gasteiger partial charge in [0.1, 0.15) is 0 Å². The smallest absolute Gasteiger partial charge is 0.257 e. The van der Waals surface area contributed by atoms with E-state index in [1.807, 2.05) is 0 Å². The number of carbonyl (C=O) groups excluding carboxylic acids is 1. The average Bonchev–Trinajstić information content (AvgIpc) is 3.16. The van der Waals surface area contributed by atoms with E-state index in [4.69, 9.17) is 5.10 Å². The molecule has 0 spiro atoms. The van der Waals surface area contributed by atoms with E-state index < -0.39 is 0 Å². The Balaban J connectivity index is 1.64. The van der Waals surface area contributed by atoms with Gasteiger partial charge in [-0.05, 0) is 63.4 Å². The summed E-state index contributed by atoms with van der Waals surface area (Å²) in [6.45, 7) is 8.83. The van der Waals surface area contributed by atoms with Crippen LogP contribution in [0.3, 0.4) is 0 Å². The van der Waals surface area contributed by atoms with Crippen molar-refractivity contribution in [2.75, 3.05) is 19.6 Å². The van der Waals surface area contributed by atoms with Gasteiger partial charge in [0.05, 0.1) is 18.3 Å². The summed E-state index contributed by atoms with van der Waals surface area (Å²) in [5.74, 6) is 0.111. The van der Waals surface area contributed by atoms with Crippen molar-refractivity contribution >= 4 is 11.6 Å². The van der Waals surface area contributed by atoms with E-state index in [1.165, 1.54) is 41.5 Å². The highest BCUT2D eigenvalue weighted by molar-refractivity contribution is 6.03. The number of amides is 1. The van der Waals surface area contributed by atoms with Gasteiger partial charge in [0.2, 0.25) is 0 Å². The van der Waals surface area contributed by atoms with Crippen LogP contribution in [0, 0.1) is 20.8 Å². The van der Waals surface area contributed by atoms with Crippen LogP contribution in [0.2, 0.25) is 0 Å². The van der Waals surface area contributed by atoms with Gasteiger partial charge < -0.3 is 0 Å². The molecule has 4 heteroatoms. The summed E-state index contributed by atoms with van der Waals surface area (Å²) in [6.07, 6.45) is 4.41. The van der Waals surface area contributed by atoms with Gasteiger partial charge in [0, 0.05) is 6.42 Å². The molecule has 4 nitrogen and oxygen atoms in total. The molecule has 2 heterocycles. The summed E-state index contributed by atoms with van der Waals surface area (Å²) in [6, 6.07) is 14.9. The number of rotatable bonds is 4. The Bertz CT molecular complexity index is 910. The first-order valence-electron chi connectivity index (χ1n) is 10.8. The monoisotopic (exact) mass is 389 g/mol. The second-order valence-electron chi connectivity index (χ2n) is 8.57. The molecule has 29 heavy (non-hydrogen) atoms. The van der Waals surface area contributed by atoms with Crippen molar-refractivity contribution < 1.29 is 4.79 Å². The third-order valence-electron chi connectivity index (χ3n) is 6.15. The number of nitrogens with zero attached hydrogens (tertiary/aromatic N) is 3. The highest BCUT2D eigenvalue weighted by Gasteiger charge is 2.34. The molecule has 0 N–H and O–H groups in total. The number of piperidine rings is 1. The van der Waals surface area contributed by atoms with E-state index in [9.17, 15) is 4.79 Å². The number of hydrazone groups is 1.